The fourth-order valence-electron chi connectivity index (χ4n) is 2.49. The number of nitrogens with one attached hydrogen (secondary N) is 1. The SMILES string of the molecule is CNC1CCCCCCC1SC(C)CCO. The topological polar surface area (TPSA) is 32.3 Å². The van der Waals surface area contributed by atoms with Crippen LogP contribution in [-0.4, -0.2) is 35.3 Å². The van der Waals surface area contributed by atoms with E-state index in [2.05, 4.69) is 31.1 Å². The molecule has 0 aromatic rings. The number of hydrogen-bond donors (Lipinski definition) is 2. The van der Waals surface area contributed by atoms with Crippen molar-refractivity contribution in [3.8, 4) is 0 Å². The second-order valence-corrected chi connectivity index (χ2v) is 6.57. The first-order valence-corrected chi connectivity index (χ1v) is 7.65. The van der Waals surface area contributed by atoms with Crippen LogP contribution in [0.4, 0.5) is 0 Å². The maximum Gasteiger partial charge on any atom is 0.0441 e. The molecule has 0 spiro atoms. The van der Waals surface area contributed by atoms with Crippen LogP contribution in [0.1, 0.15) is 51.9 Å². The molecular formula is C13H27NOS. The molecule has 1 fully saturated rings. The van der Waals surface area contributed by atoms with Gasteiger partial charge >= 0.3 is 0 Å². The normalized spacial score (nSPS) is 29.4. The largest absolute Gasteiger partial charge is 0.396 e. The first kappa shape index (κ1) is 14.3. The highest BCUT2D eigenvalue weighted by Gasteiger charge is 2.23. The van der Waals surface area contributed by atoms with Gasteiger partial charge in [-0.05, 0) is 26.3 Å². The van der Waals surface area contributed by atoms with Gasteiger partial charge in [-0.3, -0.25) is 0 Å². The van der Waals surface area contributed by atoms with Crippen molar-refractivity contribution in [1.82, 2.24) is 5.32 Å². The fourth-order valence-corrected chi connectivity index (χ4v) is 4.09. The number of thioether (sulfide) groups is 1. The molecule has 16 heavy (non-hydrogen) atoms. The third-order valence-corrected chi connectivity index (χ3v) is 5.13. The molecule has 0 bridgehead atoms. The molecule has 0 aromatic carbocycles. The molecule has 1 aliphatic carbocycles. The summed E-state index contributed by atoms with van der Waals surface area (Å²) in [5.74, 6) is 0. The molecule has 96 valence electrons. The minimum atomic E-state index is 0.325. The van der Waals surface area contributed by atoms with E-state index in [1.54, 1.807) is 0 Å². The molecule has 2 N–H and O–H groups in total. The van der Waals surface area contributed by atoms with Crippen LogP contribution < -0.4 is 5.32 Å². The second kappa shape index (κ2) is 8.37. The summed E-state index contributed by atoms with van der Waals surface area (Å²) in [7, 11) is 2.09. The molecule has 0 amide bonds. The van der Waals surface area contributed by atoms with Gasteiger partial charge in [0.15, 0.2) is 0 Å². The fraction of sp³-hybridized carbons (Fsp3) is 1.00. The van der Waals surface area contributed by atoms with Crippen molar-refractivity contribution >= 4 is 11.8 Å². The van der Waals surface area contributed by atoms with Gasteiger partial charge in [0.25, 0.3) is 0 Å². The predicted molar refractivity (Wildman–Crippen MR) is 73.1 cm³/mol. The Morgan fingerprint density at radius 3 is 2.56 bits per heavy atom. The van der Waals surface area contributed by atoms with Crippen molar-refractivity contribution in [1.29, 1.82) is 0 Å². The van der Waals surface area contributed by atoms with Crippen molar-refractivity contribution in [3.63, 3.8) is 0 Å². The molecule has 1 saturated carbocycles. The van der Waals surface area contributed by atoms with E-state index in [1.165, 1.54) is 38.5 Å². The Morgan fingerprint density at radius 2 is 1.94 bits per heavy atom. The molecule has 3 unspecified atom stereocenters. The number of rotatable bonds is 5. The van der Waals surface area contributed by atoms with E-state index in [4.69, 9.17) is 5.11 Å². The minimum absolute atomic E-state index is 0.325. The van der Waals surface area contributed by atoms with Gasteiger partial charge in [-0.2, -0.15) is 11.8 Å². The standard InChI is InChI=1S/C13H27NOS/c1-11(9-10-15)16-13-8-6-4-3-5-7-12(13)14-2/h11-15H,3-10H2,1-2H3. The Bertz CT molecular complexity index is 177. The van der Waals surface area contributed by atoms with Crippen LogP contribution in [0.25, 0.3) is 0 Å². The summed E-state index contributed by atoms with van der Waals surface area (Å²) in [6, 6.07) is 0.673. The van der Waals surface area contributed by atoms with Crippen LogP contribution in [0.5, 0.6) is 0 Å². The average molecular weight is 245 g/mol. The molecule has 0 heterocycles. The van der Waals surface area contributed by atoms with E-state index < -0.39 is 0 Å². The van der Waals surface area contributed by atoms with E-state index in [0.717, 1.165) is 11.7 Å². The molecule has 0 radical (unpaired) electrons. The summed E-state index contributed by atoms with van der Waals surface area (Å²) in [6.45, 7) is 2.57. The zero-order valence-corrected chi connectivity index (χ0v) is 11.6. The van der Waals surface area contributed by atoms with Gasteiger partial charge in [-0.1, -0.05) is 32.6 Å². The van der Waals surface area contributed by atoms with Crippen LogP contribution in [0.2, 0.25) is 0 Å². The van der Waals surface area contributed by atoms with E-state index in [1.807, 2.05) is 0 Å². The highest BCUT2D eigenvalue weighted by molar-refractivity contribution is 8.00. The Morgan fingerprint density at radius 1 is 1.25 bits per heavy atom. The third-order valence-electron chi connectivity index (χ3n) is 3.52. The van der Waals surface area contributed by atoms with Crippen LogP contribution in [-0.2, 0) is 0 Å². The number of aliphatic hydroxyl groups is 1. The summed E-state index contributed by atoms with van der Waals surface area (Å²) >= 11 is 2.08. The number of aliphatic hydroxyl groups excluding tert-OH is 1. The van der Waals surface area contributed by atoms with Gasteiger partial charge in [0.2, 0.25) is 0 Å². The summed E-state index contributed by atoms with van der Waals surface area (Å²) in [5, 5.41) is 13.8. The zero-order chi connectivity index (χ0) is 11.8. The molecule has 3 atom stereocenters. The molecule has 0 saturated heterocycles. The summed E-state index contributed by atoms with van der Waals surface area (Å²) in [5.41, 5.74) is 0. The monoisotopic (exact) mass is 245 g/mol. The highest BCUT2D eigenvalue weighted by Crippen LogP contribution is 2.30. The lowest BCUT2D eigenvalue weighted by atomic mass is 9.96. The smallest absolute Gasteiger partial charge is 0.0441 e. The lowest BCUT2D eigenvalue weighted by Crippen LogP contribution is -2.37. The highest BCUT2D eigenvalue weighted by atomic mass is 32.2. The van der Waals surface area contributed by atoms with Crippen molar-refractivity contribution in [3.05, 3.63) is 0 Å². The van der Waals surface area contributed by atoms with Crippen molar-refractivity contribution < 1.29 is 5.11 Å². The summed E-state index contributed by atoms with van der Waals surface area (Å²) in [4.78, 5) is 0. The van der Waals surface area contributed by atoms with Gasteiger partial charge in [-0.25, -0.2) is 0 Å². The number of hydrogen-bond acceptors (Lipinski definition) is 3. The lowest BCUT2D eigenvalue weighted by molar-refractivity contribution is 0.288. The van der Waals surface area contributed by atoms with Crippen molar-refractivity contribution in [2.45, 2.75) is 68.4 Å². The van der Waals surface area contributed by atoms with E-state index in [-0.39, 0.29) is 0 Å². The van der Waals surface area contributed by atoms with Crippen LogP contribution >= 0.6 is 11.8 Å². The van der Waals surface area contributed by atoms with Gasteiger partial charge in [0.05, 0.1) is 0 Å². The quantitative estimate of drug-likeness (QED) is 0.781. The van der Waals surface area contributed by atoms with E-state index >= 15 is 0 Å². The third kappa shape index (κ3) is 5.07. The van der Waals surface area contributed by atoms with Crippen molar-refractivity contribution in [2.24, 2.45) is 0 Å². The molecule has 1 aliphatic rings. The molecule has 3 heteroatoms. The Balaban J connectivity index is 2.43. The van der Waals surface area contributed by atoms with Crippen molar-refractivity contribution in [2.75, 3.05) is 13.7 Å². The maximum absolute atomic E-state index is 8.96. The molecule has 0 aliphatic heterocycles. The van der Waals surface area contributed by atoms with E-state index in [9.17, 15) is 0 Å². The maximum atomic E-state index is 8.96. The molecule has 0 aromatic heterocycles. The summed E-state index contributed by atoms with van der Waals surface area (Å²) in [6.07, 6.45) is 9.14. The Kier molecular flexibility index (Phi) is 7.50. The van der Waals surface area contributed by atoms with Crippen LogP contribution in [0.15, 0.2) is 0 Å². The first-order valence-electron chi connectivity index (χ1n) is 6.71. The van der Waals surface area contributed by atoms with Gasteiger partial charge in [0.1, 0.15) is 0 Å². The predicted octanol–water partition coefficient (Wildman–Crippen LogP) is 2.80. The first-order chi connectivity index (χ1) is 7.77. The van der Waals surface area contributed by atoms with Crippen LogP contribution in [0.3, 0.4) is 0 Å². The van der Waals surface area contributed by atoms with E-state index in [0.29, 0.717) is 17.9 Å². The Hall–Kier alpha value is 0.270. The van der Waals surface area contributed by atoms with Gasteiger partial charge in [-0.15, -0.1) is 0 Å². The zero-order valence-electron chi connectivity index (χ0n) is 10.7. The Labute approximate surface area is 105 Å². The summed E-state index contributed by atoms with van der Waals surface area (Å²) < 4.78 is 0. The van der Waals surface area contributed by atoms with Crippen LogP contribution in [0, 0.1) is 0 Å². The molecule has 2 nitrogen and oxygen atoms in total. The molecule has 1 rings (SSSR count). The lowest BCUT2D eigenvalue weighted by Gasteiger charge is -2.30. The molecular weight excluding hydrogens is 218 g/mol. The van der Waals surface area contributed by atoms with Gasteiger partial charge < -0.3 is 10.4 Å². The second-order valence-electron chi connectivity index (χ2n) is 4.88. The van der Waals surface area contributed by atoms with Gasteiger partial charge in [0, 0.05) is 23.1 Å². The average Bonchev–Trinajstić information content (AvgIpc) is 2.23. The minimum Gasteiger partial charge on any atom is -0.396 e.